The Balaban J connectivity index is 2.15. The van der Waals surface area contributed by atoms with Gasteiger partial charge in [0.15, 0.2) is 0 Å². The molecular formula is C17H28N2O. The van der Waals surface area contributed by atoms with E-state index in [1.54, 1.807) is 0 Å². The molecule has 0 spiro atoms. The Labute approximate surface area is 123 Å². The van der Waals surface area contributed by atoms with Gasteiger partial charge in [0.2, 0.25) is 0 Å². The first-order valence-corrected chi connectivity index (χ1v) is 7.90. The molecule has 1 aliphatic heterocycles. The van der Waals surface area contributed by atoms with Crippen molar-refractivity contribution in [1.82, 2.24) is 5.32 Å². The molecular weight excluding hydrogens is 248 g/mol. The molecule has 0 amide bonds. The maximum Gasteiger partial charge on any atom is 0.121 e. The third-order valence-corrected chi connectivity index (χ3v) is 4.15. The normalized spacial score (nSPS) is 24.5. The van der Waals surface area contributed by atoms with E-state index in [-0.39, 0.29) is 6.10 Å². The van der Waals surface area contributed by atoms with Crippen molar-refractivity contribution in [3.8, 4) is 5.75 Å². The zero-order valence-electron chi connectivity index (χ0n) is 13.2. The molecule has 20 heavy (non-hydrogen) atoms. The van der Waals surface area contributed by atoms with Gasteiger partial charge in [-0.05, 0) is 38.8 Å². The molecule has 1 aromatic carbocycles. The monoisotopic (exact) mass is 276 g/mol. The van der Waals surface area contributed by atoms with Crippen LogP contribution in [0.1, 0.15) is 40.5 Å². The predicted octanol–water partition coefficient (Wildman–Crippen LogP) is 3.44. The molecule has 1 N–H and O–H groups in total. The first kappa shape index (κ1) is 15.2. The summed E-state index contributed by atoms with van der Waals surface area (Å²) >= 11 is 0. The molecule has 0 saturated carbocycles. The van der Waals surface area contributed by atoms with Crippen molar-refractivity contribution in [2.45, 2.75) is 58.7 Å². The number of ether oxygens (including phenoxy) is 1. The molecule has 3 unspecified atom stereocenters. The van der Waals surface area contributed by atoms with E-state index in [1.807, 2.05) is 0 Å². The molecule has 1 heterocycles. The van der Waals surface area contributed by atoms with Crippen LogP contribution in [0.25, 0.3) is 0 Å². The number of benzene rings is 1. The summed E-state index contributed by atoms with van der Waals surface area (Å²) < 4.78 is 5.95. The van der Waals surface area contributed by atoms with Gasteiger partial charge in [0, 0.05) is 36.9 Å². The van der Waals surface area contributed by atoms with E-state index in [1.165, 1.54) is 5.69 Å². The second-order valence-electron chi connectivity index (χ2n) is 5.86. The van der Waals surface area contributed by atoms with Crippen LogP contribution in [0.2, 0.25) is 0 Å². The quantitative estimate of drug-likeness (QED) is 0.891. The Kier molecular flexibility index (Phi) is 5.30. The Morgan fingerprint density at radius 1 is 1.40 bits per heavy atom. The minimum atomic E-state index is 0.272. The van der Waals surface area contributed by atoms with Crippen molar-refractivity contribution >= 4 is 5.69 Å². The lowest BCUT2D eigenvalue weighted by atomic mass is 10.1. The number of hydrogen-bond acceptors (Lipinski definition) is 3. The fourth-order valence-electron chi connectivity index (χ4n) is 2.69. The standard InChI is InChI=1S/C17H28N2O/c1-5-14(4)20-17-9-7-8-16(10-17)19-12-13(3)18-11-15(19)6-2/h7-10,13-15,18H,5-6,11-12H2,1-4H3. The zero-order valence-corrected chi connectivity index (χ0v) is 13.2. The molecule has 0 aromatic heterocycles. The van der Waals surface area contributed by atoms with Gasteiger partial charge in [-0.1, -0.05) is 19.9 Å². The summed E-state index contributed by atoms with van der Waals surface area (Å²) in [4.78, 5) is 2.52. The highest BCUT2D eigenvalue weighted by atomic mass is 16.5. The third kappa shape index (κ3) is 3.66. The number of piperazine rings is 1. The van der Waals surface area contributed by atoms with Gasteiger partial charge < -0.3 is 15.0 Å². The van der Waals surface area contributed by atoms with Crippen LogP contribution in [0.4, 0.5) is 5.69 Å². The fraction of sp³-hybridized carbons (Fsp3) is 0.647. The van der Waals surface area contributed by atoms with E-state index in [0.717, 1.165) is 31.7 Å². The van der Waals surface area contributed by atoms with Crippen LogP contribution in [0, 0.1) is 0 Å². The minimum absolute atomic E-state index is 0.272. The SMILES string of the molecule is CCC(C)Oc1cccc(N2CC(C)NCC2CC)c1. The van der Waals surface area contributed by atoms with E-state index in [2.05, 4.69) is 62.2 Å². The van der Waals surface area contributed by atoms with Crippen LogP contribution < -0.4 is 15.0 Å². The average Bonchev–Trinajstić information content (AvgIpc) is 2.47. The number of hydrogen-bond donors (Lipinski definition) is 1. The van der Waals surface area contributed by atoms with Crippen molar-refractivity contribution < 1.29 is 4.74 Å². The average molecular weight is 276 g/mol. The second kappa shape index (κ2) is 6.98. The number of nitrogens with zero attached hydrogens (tertiary/aromatic N) is 1. The van der Waals surface area contributed by atoms with Crippen molar-refractivity contribution in [3.63, 3.8) is 0 Å². The lowest BCUT2D eigenvalue weighted by molar-refractivity contribution is 0.217. The molecule has 1 aliphatic rings. The summed E-state index contributed by atoms with van der Waals surface area (Å²) in [6.07, 6.45) is 2.47. The van der Waals surface area contributed by atoms with Gasteiger partial charge in [0.1, 0.15) is 5.75 Å². The summed E-state index contributed by atoms with van der Waals surface area (Å²) in [5.41, 5.74) is 1.28. The highest BCUT2D eigenvalue weighted by molar-refractivity contribution is 5.52. The van der Waals surface area contributed by atoms with Gasteiger partial charge in [-0.2, -0.15) is 0 Å². The first-order chi connectivity index (χ1) is 9.63. The Hall–Kier alpha value is -1.22. The van der Waals surface area contributed by atoms with E-state index >= 15 is 0 Å². The smallest absolute Gasteiger partial charge is 0.121 e. The highest BCUT2D eigenvalue weighted by Crippen LogP contribution is 2.26. The zero-order chi connectivity index (χ0) is 14.5. The van der Waals surface area contributed by atoms with E-state index < -0.39 is 0 Å². The summed E-state index contributed by atoms with van der Waals surface area (Å²) in [7, 11) is 0. The fourth-order valence-corrected chi connectivity index (χ4v) is 2.69. The van der Waals surface area contributed by atoms with Gasteiger partial charge >= 0.3 is 0 Å². The number of nitrogens with one attached hydrogen (secondary N) is 1. The molecule has 0 bridgehead atoms. The molecule has 3 nitrogen and oxygen atoms in total. The molecule has 0 aliphatic carbocycles. The van der Waals surface area contributed by atoms with E-state index in [9.17, 15) is 0 Å². The van der Waals surface area contributed by atoms with Crippen LogP contribution in [0.5, 0.6) is 5.75 Å². The Bertz CT molecular complexity index is 421. The highest BCUT2D eigenvalue weighted by Gasteiger charge is 2.24. The number of rotatable bonds is 5. The van der Waals surface area contributed by atoms with Crippen molar-refractivity contribution in [3.05, 3.63) is 24.3 Å². The van der Waals surface area contributed by atoms with Crippen LogP contribution in [0.3, 0.4) is 0 Å². The largest absolute Gasteiger partial charge is 0.491 e. The third-order valence-electron chi connectivity index (χ3n) is 4.15. The maximum absolute atomic E-state index is 5.95. The summed E-state index contributed by atoms with van der Waals surface area (Å²) in [6, 6.07) is 9.66. The topological polar surface area (TPSA) is 24.5 Å². The van der Waals surface area contributed by atoms with Gasteiger partial charge in [-0.25, -0.2) is 0 Å². The van der Waals surface area contributed by atoms with Crippen LogP contribution in [0.15, 0.2) is 24.3 Å². The lowest BCUT2D eigenvalue weighted by Gasteiger charge is -2.40. The van der Waals surface area contributed by atoms with Crippen molar-refractivity contribution in [2.75, 3.05) is 18.0 Å². The molecule has 3 heteroatoms. The van der Waals surface area contributed by atoms with Crippen LogP contribution in [-0.4, -0.2) is 31.3 Å². The van der Waals surface area contributed by atoms with Crippen LogP contribution in [-0.2, 0) is 0 Å². The summed E-state index contributed by atoms with van der Waals surface area (Å²) in [5.74, 6) is 0.984. The predicted molar refractivity (Wildman–Crippen MR) is 85.7 cm³/mol. The van der Waals surface area contributed by atoms with Crippen molar-refractivity contribution in [1.29, 1.82) is 0 Å². The minimum Gasteiger partial charge on any atom is -0.491 e. The maximum atomic E-state index is 5.95. The van der Waals surface area contributed by atoms with Gasteiger partial charge in [-0.3, -0.25) is 0 Å². The van der Waals surface area contributed by atoms with Crippen molar-refractivity contribution in [2.24, 2.45) is 0 Å². The molecule has 1 fully saturated rings. The van der Waals surface area contributed by atoms with E-state index in [0.29, 0.717) is 12.1 Å². The number of anilines is 1. The molecule has 1 saturated heterocycles. The second-order valence-corrected chi connectivity index (χ2v) is 5.86. The molecule has 1 aromatic rings. The molecule has 2 rings (SSSR count). The van der Waals surface area contributed by atoms with E-state index in [4.69, 9.17) is 4.74 Å². The Morgan fingerprint density at radius 2 is 2.20 bits per heavy atom. The molecule has 0 radical (unpaired) electrons. The van der Waals surface area contributed by atoms with Gasteiger partial charge in [-0.15, -0.1) is 0 Å². The van der Waals surface area contributed by atoms with Gasteiger partial charge in [0.05, 0.1) is 6.10 Å². The summed E-state index contributed by atoms with van der Waals surface area (Å²) in [5, 5.41) is 3.57. The first-order valence-electron chi connectivity index (χ1n) is 7.90. The molecule has 3 atom stereocenters. The lowest BCUT2D eigenvalue weighted by Crippen LogP contribution is -2.55. The molecule has 112 valence electrons. The van der Waals surface area contributed by atoms with Gasteiger partial charge in [0.25, 0.3) is 0 Å². The van der Waals surface area contributed by atoms with Crippen LogP contribution >= 0.6 is 0 Å². The Morgan fingerprint density at radius 3 is 2.90 bits per heavy atom. The summed E-state index contributed by atoms with van der Waals surface area (Å²) in [6.45, 7) is 10.9.